The van der Waals surface area contributed by atoms with E-state index in [4.69, 9.17) is 11.6 Å². The average molecular weight is 272 g/mol. The predicted octanol–water partition coefficient (Wildman–Crippen LogP) is 5.09. The Labute approximate surface area is 120 Å². The van der Waals surface area contributed by atoms with Gasteiger partial charge in [-0.05, 0) is 39.8 Å². The second-order valence-electron chi connectivity index (χ2n) is 5.67. The SMILES string of the molecule is C=C(c1ccc(C(C)(C)C)cc1)c1ccnc(Cl)c1. The number of halogens is 1. The second kappa shape index (κ2) is 5.18. The van der Waals surface area contributed by atoms with Crippen molar-refractivity contribution in [3.63, 3.8) is 0 Å². The summed E-state index contributed by atoms with van der Waals surface area (Å²) in [6.07, 6.45) is 1.70. The Morgan fingerprint density at radius 2 is 1.68 bits per heavy atom. The number of nitrogens with zero attached hydrogens (tertiary/aromatic N) is 1. The monoisotopic (exact) mass is 271 g/mol. The molecule has 0 aliphatic carbocycles. The first-order valence-corrected chi connectivity index (χ1v) is 6.67. The summed E-state index contributed by atoms with van der Waals surface area (Å²) in [6, 6.07) is 12.3. The molecule has 0 radical (unpaired) electrons. The third-order valence-corrected chi connectivity index (χ3v) is 3.38. The van der Waals surface area contributed by atoms with Gasteiger partial charge in [0.1, 0.15) is 5.15 Å². The summed E-state index contributed by atoms with van der Waals surface area (Å²) in [5.41, 5.74) is 4.56. The van der Waals surface area contributed by atoms with Gasteiger partial charge in [-0.15, -0.1) is 0 Å². The van der Waals surface area contributed by atoms with Crippen molar-refractivity contribution >= 4 is 17.2 Å². The molecule has 0 spiro atoms. The zero-order valence-electron chi connectivity index (χ0n) is 11.6. The highest BCUT2D eigenvalue weighted by Crippen LogP contribution is 2.27. The van der Waals surface area contributed by atoms with E-state index in [1.54, 1.807) is 6.20 Å². The van der Waals surface area contributed by atoms with Gasteiger partial charge < -0.3 is 0 Å². The minimum atomic E-state index is 0.167. The lowest BCUT2D eigenvalue weighted by atomic mass is 9.86. The van der Waals surface area contributed by atoms with E-state index in [0.29, 0.717) is 5.15 Å². The number of hydrogen-bond donors (Lipinski definition) is 0. The lowest BCUT2D eigenvalue weighted by Gasteiger charge is -2.19. The molecule has 1 heterocycles. The third kappa shape index (κ3) is 3.24. The minimum Gasteiger partial charge on any atom is -0.245 e. The van der Waals surface area contributed by atoms with E-state index in [-0.39, 0.29) is 5.41 Å². The molecule has 98 valence electrons. The molecule has 2 rings (SSSR count). The van der Waals surface area contributed by atoms with Crippen LogP contribution >= 0.6 is 11.6 Å². The normalized spacial score (nSPS) is 11.4. The molecule has 0 unspecified atom stereocenters. The van der Waals surface area contributed by atoms with E-state index in [1.165, 1.54) is 5.56 Å². The number of hydrogen-bond acceptors (Lipinski definition) is 1. The summed E-state index contributed by atoms with van der Waals surface area (Å²) in [6.45, 7) is 10.8. The third-order valence-electron chi connectivity index (χ3n) is 3.17. The summed E-state index contributed by atoms with van der Waals surface area (Å²) < 4.78 is 0. The number of benzene rings is 1. The zero-order chi connectivity index (χ0) is 14.0. The fourth-order valence-electron chi connectivity index (χ4n) is 1.93. The maximum Gasteiger partial charge on any atom is 0.129 e. The lowest BCUT2D eigenvalue weighted by molar-refractivity contribution is 0.590. The molecule has 2 aromatic rings. The molecular formula is C17H18ClN. The van der Waals surface area contributed by atoms with Crippen LogP contribution in [-0.4, -0.2) is 4.98 Å². The van der Waals surface area contributed by atoms with Crippen molar-refractivity contribution in [3.8, 4) is 0 Å². The van der Waals surface area contributed by atoms with Crippen molar-refractivity contribution in [1.82, 2.24) is 4.98 Å². The highest BCUT2D eigenvalue weighted by Gasteiger charge is 2.13. The molecule has 0 bridgehead atoms. The fourth-order valence-corrected chi connectivity index (χ4v) is 2.10. The largest absolute Gasteiger partial charge is 0.245 e. The molecule has 1 aromatic heterocycles. The summed E-state index contributed by atoms with van der Waals surface area (Å²) in [4.78, 5) is 3.99. The van der Waals surface area contributed by atoms with Crippen LogP contribution in [-0.2, 0) is 5.41 Å². The highest BCUT2D eigenvalue weighted by atomic mass is 35.5. The van der Waals surface area contributed by atoms with Gasteiger partial charge in [0.05, 0.1) is 0 Å². The minimum absolute atomic E-state index is 0.167. The molecule has 0 fully saturated rings. The van der Waals surface area contributed by atoms with Crippen LogP contribution in [0.15, 0.2) is 49.2 Å². The number of aromatic nitrogens is 1. The summed E-state index contributed by atoms with van der Waals surface area (Å²) in [5, 5.41) is 0.491. The van der Waals surface area contributed by atoms with Gasteiger partial charge in [-0.25, -0.2) is 4.98 Å². The van der Waals surface area contributed by atoms with Crippen LogP contribution in [0.3, 0.4) is 0 Å². The number of pyridine rings is 1. The number of rotatable bonds is 2. The summed E-state index contributed by atoms with van der Waals surface area (Å²) >= 11 is 5.91. The van der Waals surface area contributed by atoms with Gasteiger partial charge in [-0.2, -0.15) is 0 Å². The first-order chi connectivity index (χ1) is 8.88. The summed E-state index contributed by atoms with van der Waals surface area (Å²) in [5.74, 6) is 0. The van der Waals surface area contributed by atoms with Crippen LogP contribution in [0.2, 0.25) is 5.15 Å². The maximum absolute atomic E-state index is 5.91. The van der Waals surface area contributed by atoms with E-state index >= 15 is 0 Å². The quantitative estimate of drug-likeness (QED) is 0.693. The Bertz CT molecular complexity index is 591. The fraction of sp³-hybridized carbons (Fsp3) is 0.235. The molecule has 0 saturated heterocycles. The molecule has 0 atom stereocenters. The Balaban J connectivity index is 2.30. The summed E-state index contributed by atoms with van der Waals surface area (Å²) in [7, 11) is 0. The van der Waals surface area contributed by atoms with Crippen molar-refractivity contribution in [3.05, 3.63) is 71.0 Å². The molecule has 1 nitrogen and oxygen atoms in total. The van der Waals surface area contributed by atoms with E-state index in [1.807, 2.05) is 12.1 Å². The van der Waals surface area contributed by atoms with Gasteiger partial charge in [-0.1, -0.05) is 63.2 Å². The Morgan fingerprint density at radius 1 is 1.05 bits per heavy atom. The van der Waals surface area contributed by atoms with Crippen molar-refractivity contribution in [2.75, 3.05) is 0 Å². The van der Waals surface area contributed by atoms with Gasteiger partial charge >= 0.3 is 0 Å². The van der Waals surface area contributed by atoms with Crippen LogP contribution < -0.4 is 0 Å². The molecular weight excluding hydrogens is 254 g/mol. The average Bonchev–Trinajstić information content (AvgIpc) is 2.37. The lowest BCUT2D eigenvalue weighted by Crippen LogP contribution is -2.10. The highest BCUT2D eigenvalue weighted by molar-refractivity contribution is 6.29. The maximum atomic E-state index is 5.91. The van der Waals surface area contributed by atoms with E-state index < -0.39 is 0 Å². The van der Waals surface area contributed by atoms with Crippen molar-refractivity contribution < 1.29 is 0 Å². The Kier molecular flexibility index (Phi) is 3.77. The van der Waals surface area contributed by atoms with Gasteiger partial charge in [0, 0.05) is 6.20 Å². The van der Waals surface area contributed by atoms with E-state index in [2.05, 4.69) is 56.6 Å². The first-order valence-electron chi connectivity index (χ1n) is 6.30. The van der Waals surface area contributed by atoms with Gasteiger partial charge in [-0.3, -0.25) is 0 Å². The molecule has 0 saturated carbocycles. The van der Waals surface area contributed by atoms with Crippen LogP contribution in [0.1, 0.15) is 37.5 Å². The van der Waals surface area contributed by atoms with Gasteiger partial charge in [0.25, 0.3) is 0 Å². The van der Waals surface area contributed by atoms with Crippen LogP contribution in [0.4, 0.5) is 0 Å². The molecule has 0 amide bonds. The molecule has 2 heteroatoms. The Hall–Kier alpha value is -1.60. The van der Waals surface area contributed by atoms with Crippen molar-refractivity contribution in [2.45, 2.75) is 26.2 Å². The second-order valence-corrected chi connectivity index (χ2v) is 6.06. The van der Waals surface area contributed by atoms with Crippen molar-refractivity contribution in [2.24, 2.45) is 0 Å². The predicted molar refractivity (Wildman–Crippen MR) is 82.5 cm³/mol. The molecule has 0 aliphatic heterocycles. The molecule has 1 aromatic carbocycles. The Morgan fingerprint density at radius 3 is 2.21 bits per heavy atom. The van der Waals surface area contributed by atoms with Crippen LogP contribution in [0.5, 0.6) is 0 Å². The van der Waals surface area contributed by atoms with Crippen molar-refractivity contribution in [1.29, 1.82) is 0 Å². The first kappa shape index (κ1) is 13.8. The van der Waals surface area contributed by atoms with Gasteiger partial charge in [0.15, 0.2) is 0 Å². The van der Waals surface area contributed by atoms with E-state index in [0.717, 1.165) is 16.7 Å². The van der Waals surface area contributed by atoms with Crippen LogP contribution in [0.25, 0.3) is 5.57 Å². The van der Waals surface area contributed by atoms with E-state index in [9.17, 15) is 0 Å². The topological polar surface area (TPSA) is 12.9 Å². The molecule has 0 N–H and O–H groups in total. The van der Waals surface area contributed by atoms with Gasteiger partial charge in [0.2, 0.25) is 0 Å². The standard InChI is InChI=1S/C17H18ClN/c1-12(14-9-10-19-16(18)11-14)13-5-7-15(8-6-13)17(2,3)4/h5-11H,1H2,2-4H3. The molecule has 19 heavy (non-hydrogen) atoms. The van der Waals surface area contributed by atoms with Crippen LogP contribution in [0, 0.1) is 0 Å². The zero-order valence-corrected chi connectivity index (χ0v) is 12.3. The molecule has 0 aliphatic rings. The smallest absolute Gasteiger partial charge is 0.129 e.